The lowest BCUT2D eigenvalue weighted by atomic mass is 9.86. The second-order valence-corrected chi connectivity index (χ2v) is 7.68. The molecule has 1 saturated heterocycles. The van der Waals surface area contributed by atoms with Crippen LogP contribution in [-0.4, -0.2) is 46.3 Å². The summed E-state index contributed by atoms with van der Waals surface area (Å²) < 4.78 is 5.82. The highest BCUT2D eigenvalue weighted by molar-refractivity contribution is 5.79. The molecule has 0 spiro atoms. The number of ether oxygens (including phenoxy) is 1. The van der Waals surface area contributed by atoms with Gasteiger partial charge in [-0.2, -0.15) is 5.10 Å². The molecule has 3 rings (SSSR count). The fraction of sp³-hybridized carbons (Fsp3) is 0.789. The zero-order valence-corrected chi connectivity index (χ0v) is 15.3. The van der Waals surface area contributed by atoms with Gasteiger partial charge in [0, 0.05) is 30.5 Å². The number of hydrogen-bond donors (Lipinski definition) is 1. The number of aromatic amines is 1. The number of aromatic nitrogens is 2. The van der Waals surface area contributed by atoms with Gasteiger partial charge in [-0.25, -0.2) is 0 Å². The van der Waals surface area contributed by atoms with Crippen LogP contribution in [0.15, 0.2) is 0 Å². The second-order valence-electron chi connectivity index (χ2n) is 7.68. The summed E-state index contributed by atoms with van der Waals surface area (Å²) in [7, 11) is 0. The van der Waals surface area contributed by atoms with Crippen molar-refractivity contribution in [3.8, 4) is 0 Å². The van der Waals surface area contributed by atoms with Crippen LogP contribution in [0.2, 0.25) is 0 Å². The van der Waals surface area contributed by atoms with Crippen molar-refractivity contribution in [3.05, 3.63) is 17.0 Å². The van der Waals surface area contributed by atoms with Gasteiger partial charge in [-0.1, -0.05) is 6.92 Å². The Kier molecular flexibility index (Phi) is 5.59. The molecule has 0 radical (unpaired) electrons. The Morgan fingerprint density at radius 1 is 1.25 bits per heavy atom. The number of H-pyrrole nitrogens is 1. The fourth-order valence-corrected chi connectivity index (χ4v) is 4.10. The third-order valence-corrected chi connectivity index (χ3v) is 5.78. The van der Waals surface area contributed by atoms with Crippen molar-refractivity contribution in [3.63, 3.8) is 0 Å². The fourth-order valence-electron chi connectivity index (χ4n) is 4.10. The molecule has 1 saturated carbocycles. The van der Waals surface area contributed by atoms with Gasteiger partial charge >= 0.3 is 0 Å². The first-order valence-electron chi connectivity index (χ1n) is 9.46. The monoisotopic (exact) mass is 333 g/mol. The number of carbonyl (C=O) groups is 1. The van der Waals surface area contributed by atoms with Gasteiger partial charge in [0.05, 0.1) is 18.2 Å². The molecule has 2 aliphatic rings. The molecule has 0 bridgehead atoms. The number of nitrogens with one attached hydrogen (secondary N) is 1. The Morgan fingerprint density at radius 3 is 2.58 bits per heavy atom. The van der Waals surface area contributed by atoms with Crippen molar-refractivity contribution >= 4 is 5.91 Å². The third-order valence-electron chi connectivity index (χ3n) is 5.78. The number of rotatable bonds is 5. The number of nitrogens with zero attached hydrogens (tertiary/aromatic N) is 2. The van der Waals surface area contributed by atoms with E-state index >= 15 is 0 Å². The molecule has 134 valence electrons. The largest absolute Gasteiger partial charge is 0.376 e. The molecule has 1 aromatic rings. The van der Waals surface area contributed by atoms with Crippen LogP contribution in [0.1, 0.15) is 62.4 Å². The van der Waals surface area contributed by atoms with Crippen LogP contribution < -0.4 is 0 Å². The van der Waals surface area contributed by atoms with Crippen molar-refractivity contribution in [1.82, 2.24) is 15.1 Å². The van der Waals surface area contributed by atoms with Gasteiger partial charge in [0.15, 0.2) is 0 Å². The molecule has 2 fully saturated rings. The lowest BCUT2D eigenvalue weighted by Crippen LogP contribution is -2.46. The van der Waals surface area contributed by atoms with Crippen molar-refractivity contribution in [1.29, 1.82) is 0 Å². The smallest absolute Gasteiger partial charge is 0.227 e. The second kappa shape index (κ2) is 7.68. The molecule has 1 aliphatic heterocycles. The van der Waals surface area contributed by atoms with Crippen LogP contribution in [-0.2, 0) is 16.0 Å². The number of amides is 1. The molecule has 0 aromatic carbocycles. The van der Waals surface area contributed by atoms with E-state index in [4.69, 9.17) is 4.74 Å². The van der Waals surface area contributed by atoms with Crippen LogP contribution in [0.4, 0.5) is 0 Å². The molecule has 24 heavy (non-hydrogen) atoms. The summed E-state index contributed by atoms with van der Waals surface area (Å²) in [5.41, 5.74) is 3.01. The molecule has 1 amide bonds. The van der Waals surface area contributed by atoms with E-state index in [2.05, 4.69) is 22.0 Å². The van der Waals surface area contributed by atoms with Gasteiger partial charge in [-0.15, -0.1) is 0 Å². The summed E-state index contributed by atoms with van der Waals surface area (Å²) in [6.07, 6.45) is 7.58. The lowest BCUT2D eigenvalue weighted by Gasteiger charge is -2.37. The average molecular weight is 333 g/mol. The molecule has 1 atom stereocenters. The maximum atomic E-state index is 13.1. The maximum absolute atomic E-state index is 13.1. The number of carbonyl (C=O) groups excluding carboxylic acids is 1. The Balaban J connectivity index is 1.71. The zero-order chi connectivity index (χ0) is 17.1. The van der Waals surface area contributed by atoms with Crippen LogP contribution in [0.3, 0.4) is 0 Å². The number of aryl methyl sites for hydroxylation is 2. The van der Waals surface area contributed by atoms with Gasteiger partial charge in [-0.3, -0.25) is 9.89 Å². The average Bonchev–Trinajstić information content (AvgIpc) is 3.19. The quantitative estimate of drug-likeness (QED) is 0.900. The Bertz CT molecular complexity index is 535. The van der Waals surface area contributed by atoms with E-state index in [1.54, 1.807) is 0 Å². The van der Waals surface area contributed by atoms with Gasteiger partial charge in [0.1, 0.15) is 0 Å². The first kappa shape index (κ1) is 17.5. The molecule has 2 heterocycles. The standard InChI is InChI=1S/C19H31N3O2/c1-13-6-8-16(9-7-13)22(12-17-5-4-10-24-17)19(23)11-18-14(2)20-21-15(18)3/h13,16-17H,4-12H2,1-3H3,(H,20,21)/t13?,16?,17-/m1/s1. The van der Waals surface area contributed by atoms with Crippen molar-refractivity contribution in [2.45, 2.75) is 77.9 Å². The van der Waals surface area contributed by atoms with E-state index in [1.165, 1.54) is 12.8 Å². The summed E-state index contributed by atoms with van der Waals surface area (Å²) in [4.78, 5) is 15.2. The molecule has 1 aromatic heterocycles. The Hall–Kier alpha value is -1.36. The molecule has 1 N–H and O–H groups in total. The third kappa shape index (κ3) is 4.00. The van der Waals surface area contributed by atoms with E-state index in [0.29, 0.717) is 12.5 Å². The molecular formula is C19H31N3O2. The lowest BCUT2D eigenvalue weighted by molar-refractivity contribution is -0.135. The maximum Gasteiger partial charge on any atom is 0.227 e. The molecular weight excluding hydrogens is 302 g/mol. The summed E-state index contributed by atoms with van der Waals surface area (Å²) >= 11 is 0. The minimum Gasteiger partial charge on any atom is -0.376 e. The topological polar surface area (TPSA) is 58.2 Å². The van der Waals surface area contributed by atoms with Gasteiger partial charge in [0.2, 0.25) is 5.91 Å². The summed E-state index contributed by atoms with van der Waals surface area (Å²) in [5, 5.41) is 7.23. The van der Waals surface area contributed by atoms with Gasteiger partial charge in [-0.05, 0) is 58.3 Å². The zero-order valence-electron chi connectivity index (χ0n) is 15.3. The summed E-state index contributed by atoms with van der Waals surface area (Å²) in [5.74, 6) is 1.02. The minimum atomic E-state index is 0.222. The summed E-state index contributed by atoms with van der Waals surface area (Å²) in [6.45, 7) is 7.89. The predicted octanol–water partition coefficient (Wildman–Crippen LogP) is 3.16. The predicted molar refractivity (Wildman–Crippen MR) is 93.9 cm³/mol. The van der Waals surface area contributed by atoms with Crippen molar-refractivity contribution < 1.29 is 9.53 Å². The SMILES string of the molecule is Cc1n[nH]c(C)c1CC(=O)N(C[C@H]1CCCO1)C1CCC(C)CC1. The summed E-state index contributed by atoms with van der Waals surface area (Å²) in [6, 6.07) is 0.380. The first-order chi connectivity index (χ1) is 11.5. The molecule has 5 nitrogen and oxygen atoms in total. The van der Waals surface area contributed by atoms with E-state index in [1.807, 2.05) is 13.8 Å². The van der Waals surface area contributed by atoms with Crippen molar-refractivity contribution in [2.24, 2.45) is 5.92 Å². The van der Waals surface area contributed by atoms with Crippen LogP contribution in [0, 0.1) is 19.8 Å². The highest BCUT2D eigenvalue weighted by Gasteiger charge is 2.31. The Morgan fingerprint density at radius 2 is 2.00 bits per heavy atom. The molecule has 5 heteroatoms. The van der Waals surface area contributed by atoms with Gasteiger partial charge in [0.25, 0.3) is 0 Å². The number of hydrogen-bond acceptors (Lipinski definition) is 3. The minimum absolute atomic E-state index is 0.222. The van der Waals surface area contributed by atoms with Crippen LogP contribution in [0.25, 0.3) is 0 Å². The van der Waals surface area contributed by atoms with Gasteiger partial charge < -0.3 is 9.64 Å². The van der Waals surface area contributed by atoms with E-state index in [9.17, 15) is 4.79 Å². The van der Waals surface area contributed by atoms with E-state index in [0.717, 1.165) is 61.7 Å². The highest BCUT2D eigenvalue weighted by atomic mass is 16.5. The molecule has 0 unspecified atom stereocenters. The highest BCUT2D eigenvalue weighted by Crippen LogP contribution is 2.29. The normalized spacial score (nSPS) is 27.4. The Labute approximate surface area is 145 Å². The molecule has 1 aliphatic carbocycles. The van der Waals surface area contributed by atoms with Crippen LogP contribution in [0.5, 0.6) is 0 Å². The van der Waals surface area contributed by atoms with Crippen LogP contribution >= 0.6 is 0 Å². The van der Waals surface area contributed by atoms with E-state index < -0.39 is 0 Å². The first-order valence-corrected chi connectivity index (χ1v) is 9.46. The van der Waals surface area contributed by atoms with E-state index in [-0.39, 0.29) is 12.0 Å². The van der Waals surface area contributed by atoms with Crippen molar-refractivity contribution in [2.75, 3.05) is 13.2 Å².